The Bertz CT molecular complexity index is 375. The van der Waals surface area contributed by atoms with Gasteiger partial charge in [0.1, 0.15) is 5.82 Å². The van der Waals surface area contributed by atoms with E-state index in [4.69, 9.17) is 0 Å². The van der Waals surface area contributed by atoms with Crippen molar-refractivity contribution in [1.82, 2.24) is 0 Å². The van der Waals surface area contributed by atoms with Crippen LogP contribution < -0.4 is 5.32 Å². The summed E-state index contributed by atoms with van der Waals surface area (Å²) in [5.74, 6) is 0.296. The van der Waals surface area contributed by atoms with E-state index in [9.17, 15) is 4.39 Å². The summed E-state index contributed by atoms with van der Waals surface area (Å²) < 4.78 is 13.1. The third-order valence-corrected chi connectivity index (χ3v) is 3.52. The molecule has 0 radical (unpaired) electrons. The minimum absolute atomic E-state index is 0.137. The Kier molecular flexibility index (Phi) is 2.45. The monoisotopic (exact) mass is 207 g/mol. The van der Waals surface area contributed by atoms with Crippen LogP contribution in [0.2, 0.25) is 0 Å². The molecule has 0 saturated heterocycles. The number of benzene rings is 1. The molecular weight excluding hydrogens is 189 g/mol. The Labute approximate surface area is 90.7 Å². The van der Waals surface area contributed by atoms with Gasteiger partial charge in [-0.2, -0.15) is 0 Å². The minimum atomic E-state index is -0.137. The first-order chi connectivity index (χ1) is 7.04. The second-order valence-corrected chi connectivity index (χ2v) is 4.88. The van der Waals surface area contributed by atoms with E-state index in [2.05, 4.69) is 26.1 Å². The normalized spacial score (nSPS) is 29.5. The van der Waals surface area contributed by atoms with Crippen molar-refractivity contribution in [2.75, 3.05) is 5.32 Å². The third-order valence-electron chi connectivity index (χ3n) is 3.52. The summed E-state index contributed by atoms with van der Waals surface area (Å²) in [6.07, 6.45) is 2.16. The quantitative estimate of drug-likeness (QED) is 0.736. The molecular formula is C13H18FN. The van der Waals surface area contributed by atoms with Crippen LogP contribution in [0.25, 0.3) is 0 Å². The zero-order valence-corrected chi connectivity index (χ0v) is 9.60. The molecule has 0 aromatic heterocycles. The second kappa shape index (κ2) is 3.51. The number of hydrogen-bond acceptors (Lipinski definition) is 1. The van der Waals surface area contributed by atoms with Gasteiger partial charge >= 0.3 is 0 Å². The highest BCUT2D eigenvalue weighted by atomic mass is 19.1. The van der Waals surface area contributed by atoms with Crippen molar-refractivity contribution in [1.29, 1.82) is 0 Å². The fraction of sp³-hybridized carbons (Fsp3) is 0.538. The molecule has 1 heterocycles. The predicted molar refractivity (Wildman–Crippen MR) is 61.8 cm³/mol. The van der Waals surface area contributed by atoms with Gasteiger partial charge in [0.2, 0.25) is 0 Å². The highest BCUT2D eigenvalue weighted by molar-refractivity contribution is 5.57. The van der Waals surface area contributed by atoms with Crippen LogP contribution in [0.3, 0.4) is 0 Å². The molecule has 15 heavy (non-hydrogen) atoms. The molecule has 2 rings (SSSR count). The average molecular weight is 207 g/mol. The molecule has 2 atom stereocenters. The standard InChI is InChI=1S/C13H18FN/c1-4-13(3)8-9(2)11-7-10(14)5-6-12(11)15-13/h5-7,9,15H,4,8H2,1-3H3. The maximum absolute atomic E-state index is 13.1. The van der Waals surface area contributed by atoms with E-state index >= 15 is 0 Å². The highest BCUT2D eigenvalue weighted by Gasteiger charge is 2.31. The molecule has 82 valence electrons. The van der Waals surface area contributed by atoms with Gasteiger partial charge < -0.3 is 5.32 Å². The van der Waals surface area contributed by atoms with Crippen LogP contribution in [0.15, 0.2) is 18.2 Å². The number of nitrogens with one attached hydrogen (secondary N) is 1. The summed E-state index contributed by atoms with van der Waals surface area (Å²) in [4.78, 5) is 0. The lowest BCUT2D eigenvalue weighted by Gasteiger charge is -2.39. The van der Waals surface area contributed by atoms with Crippen LogP contribution >= 0.6 is 0 Å². The fourth-order valence-corrected chi connectivity index (χ4v) is 2.45. The molecule has 1 aromatic carbocycles. The fourth-order valence-electron chi connectivity index (χ4n) is 2.45. The first-order valence-electron chi connectivity index (χ1n) is 5.62. The third kappa shape index (κ3) is 1.85. The van der Waals surface area contributed by atoms with E-state index in [0.717, 1.165) is 24.1 Å². The molecule has 1 nitrogen and oxygen atoms in total. The molecule has 1 N–H and O–H groups in total. The average Bonchev–Trinajstić information content (AvgIpc) is 2.20. The van der Waals surface area contributed by atoms with Crippen molar-refractivity contribution in [3.8, 4) is 0 Å². The summed E-state index contributed by atoms with van der Waals surface area (Å²) in [6, 6.07) is 5.04. The van der Waals surface area contributed by atoms with Crippen molar-refractivity contribution in [3.63, 3.8) is 0 Å². The van der Waals surface area contributed by atoms with E-state index in [-0.39, 0.29) is 11.4 Å². The smallest absolute Gasteiger partial charge is 0.123 e. The Morgan fingerprint density at radius 2 is 2.27 bits per heavy atom. The Hall–Kier alpha value is -1.05. The van der Waals surface area contributed by atoms with Crippen molar-refractivity contribution >= 4 is 5.69 Å². The van der Waals surface area contributed by atoms with E-state index < -0.39 is 0 Å². The van der Waals surface area contributed by atoms with Crippen LogP contribution in [0.5, 0.6) is 0 Å². The van der Waals surface area contributed by atoms with Crippen LogP contribution in [0.4, 0.5) is 10.1 Å². The van der Waals surface area contributed by atoms with Crippen molar-refractivity contribution < 1.29 is 4.39 Å². The maximum Gasteiger partial charge on any atom is 0.123 e. The van der Waals surface area contributed by atoms with Gasteiger partial charge in [0.05, 0.1) is 0 Å². The van der Waals surface area contributed by atoms with Gasteiger partial charge in [-0.15, -0.1) is 0 Å². The zero-order valence-electron chi connectivity index (χ0n) is 9.60. The Balaban J connectivity index is 2.41. The zero-order chi connectivity index (χ0) is 11.1. The van der Waals surface area contributed by atoms with Gasteiger partial charge in [-0.05, 0) is 49.4 Å². The van der Waals surface area contributed by atoms with Gasteiger partial charge in [0.25, 0.3) is 0 Å². The molecule has 1 aromatic rings. The molecule has 1 aliphatic rings. The van der Waals surface area contributed by atoms with Gasteiger partial charge in [0.15, 0.2) is 0 Å². The summed E-state index contributed by atoms with van der Waals surface area (Å²) in [6.45, 7) is 6.59. The van der Waals surface area contributed by atoms with E-state index in [0.29, 0.717) is 5.92 Å². The first-order valence-corrected chi connectivity index (χ1v) is 5.62. The summed E-state index contributed by atoms with van der Waals surface area (Å²) in [5, 5.41) is 3.51. The summed E-state index contributed by atoms with van der Waals surface area (Å²) in [5.41, 5.74) is 2.37. The molecule has 1 aliphatic heterocycles. The molecule has 0 bridgehead atoms. The Morgan fingerprint density at radius 1 is 1.53 bits per heavy atom. The number of anilines is 1. The lowest BCUT2D eigenvalue weighted by molar-refractivity contribution is 0.406. The molecule has 0 spiro atoms. The topological polar surface area (TPSA) is 12.0 Å². The first kappa shape index (κ1) is 10.5. The van der Waals surface area contributed by atoms with Crippen molar-refractivity contribution in [2.24, 2.45) is 0 Å². The predicted octanol–water partition coefficient (Wildman–Crippen LogP) is 3.91. The summed E-state index contributed by atoms with van der Waals surface area (Å²) in [7, 11) is 0. The molecule has 2 heteroatoms. The number of fused-ring (bicyclic) bond motifs is 1. The number of halogens is 1. The molecule has 0 amide bonds. The van der Waals surface area contributed by atoms with Gasteiger partial charge in [-0.1, -0.05) is 13.8 Å². The highest BCUT2D eigenvalue weighted by Crippen LogP contribution is 2.40. The largest absolute Gasteiger partial charge is 0.380 e. The van der Waals surface area contributed by atoms with Gasteiger partial charge in [-0.3, -0.25) is 0 Å². The van der Waals surface area contributed by atoms with Gasteiger partial charge in [-0.25, -0.2) is 4.39 Å². The minimum Gasteiger partial charge on any atom is -0.380 e. The van der Waals surface area contributed by atoms with Crippen LogP contribution in [0, 0.1) is 5.82 Å². The van der Waals surface area contributed by atoms with E-state index in [1.807, 2.05) is 6.07 Å². The van der Waals surface area contributed by atoms with Crippen LogP contribution in [-0.4, -0.2) is 5.54 Å². The van der Waals surface area contributed by atoms with E-state index in [1.54, 1.807) is 6.07 Å². The molecule has 0 saturated carbocycles. The van der Waals surface area contributed by atoms with Crippen molar-refractivity contribution in [3.05, 3.63) is 29.6 Å². The Morgan fingerprint density at radius 3 is 2.93 bits per heavy atom. The molecule has 2 unspecified atom stereocenters. The van der Waals surface area contributed by atoms with Gasteiger partial charge in [0, 0.05) is 11.2 Å². The molecule has 0 fully saturated rings. The second-order valence-electron chi connectivity index (χ2n) is 4.88. The SMILES string of the molecule is CCC1(C)CC(C)c2cc(F)ccc2N1. The molecule has 0 aliphatic carbocycles. The van der Waals surface area contributed by atoms with Crippen molar-refractivity contribution in [2.45, 2.75) is 45.1 Å². The summed E-state index contributed by atoms with van der Waals surface area (Å²) >= 11 is 0. The van der Waals surface area contributed by atoms with E-state index in [1.165, 1.54) is 6.07 Å². The lowest BCUT2D eigenvalue weighted by atomic mass is 9.79. The number of rotatable bonds is 1. The van der Waals surface area contributed by atoms with Crippen LogP contribution in [-0.2, 0) is 0 Å². The number of hydrogen-bond donors (Lipinski definition) is 1. The lowest BCUT2D eigenvalue weighted by Crippen LogP contribution is -2.39. The maximum atomic E-state index is 13.1. The van der Waals surface area contributed by atoms with Crippen LogP contribution in [0.1, 0.15) is 45.1 Å².